The molecule has 1 aromatic heterocycles. The van der Waals surface area contributed by atoms with E-state index in [4.69, 9.17) is 0 Å². The molecule has 0 bridgehead atoms. The number of carbonyl (C=O) groups is 1. The van der Waals surface area contributed by atoms with Crippen LogP contribution in [0.3, 0.4) is 0 Å². The lowest BCUT2D eigenvalue weighted by Crippen LogP contribution is -2.12. The van der Waals surface area contributed by atoms with Crippen molar-refractivity contribution in [2.75, 3.05) is 5.32 Å². The Morgan fingerprint density at radius 1 is 1.09 bits per heavy atom. The van der Waals surface area contributed by atoms with Crippen molar-refractivity contribution in [3.8, 4) is 11.3 Å². The number of hydrogen-bond acceptors (Lipinski definition) is 3. The van der Waals surface area contributed by atoms with E-state index in [1.807, 2.05) is 54.6 Å². The molecule has 2 N–H and O–H groups in total. The second kappa shape index (κ2) is 6.49. The molecule has 0 fully saturated rings. The summed E-state index contributed by atoms with van der Waals surface area (Å²) in [6.45, 7) is 0. The molecular formula is C17H14N4O. The van der Waals surface area contributed by atoms with Gasteiger partial charge in [0.2, 0.25) is 0 Å². The third-order valence-corrected chi connectivity index (χ3v) is 3.08. The van der Waals surface area contributed by atoms with E-state index in [1.54, 1.807) is 12.5 Å². The molecule has 22 heavy (non-hydrogen) atoms. The highest BCUT2D eigenvalue weighted by molar-refractivity contribution is 6.33. The van der Waals surface area contributed by atoms with Crippen LogP contribution in [0.5, 0.6) is 0 Å². The number of benzene rings is 2. The van der Waals surface area contributed by atoms with Gasteiger partial charge in [-0.2, -0.15) is 0 Å². The first-order valence-corrected chi connectivity index (χ1v) is 6.80. The molecule has 108 valence electrons. The predicted molar refractivity (Wildman–Crippen MR) is 87.2 cm³/mol. The van der Waals surface area contributed by atoms with Crippen LogP contribution in [0.1, 0.15) is 0 Å². The largest absolute Gasteiger partial charge is 0.345 e. The zero-order chi connectivity index (χ0) is 15.2. The van der Waals surface area contributed by atoms with Gasteiger partial charge in [0.05, 0.1) is 23.9 Å². The number of H-pyrrole nitrogens is 1. The number of imidazole rings is 1. The van der Waals surface area contributed by atoms with Crippen molar-refractivity contribution in [1.82, 2.24) is 9.97 Å². The Hall–Kier alpha value is -3.21. The highest BCUT2D eigenvalue weighted by Crippen LogP contribution is 2.20. The smallest absolute Gasteiger partial charge is 0.185 e. The first-order valence-electron chi connectivity index (χ1n) is 6.80. The highest BCUT2D eigenvalue weighted by Gasteiger charge is 2.01. The summed E-state index contributed by atoms with van der Waals surface area (Å²) in [4.78, 5) is 22.5. The van der Waals surface area contributed by atoms with E-state index >= 15 is 0 Å². The first-order chi connectivity index (χ1) is 10.8. The maximum absolute atomic E-state index is 11.2. The van der Waals surface area contributed by atoms with Crippen LogP contribution >= 0.6 is 0 Å². The molecule has 3 aromatic rings. The van der Waals surface area contributed by atoms with E-state index in [9.17, 15) is 4.79 Å². The fourth-order valence-electron chi connectivity index (χ4n) is 2.02. The fraction of sp³-hybridized carbons (Fsp3) is 0. The van der Waals surface area contributed by atoms with E-state index in [0.717, 1.165) is 16.9 Å². The van der Waals surface area contributed by atoms with Gasteiger partial charge in [-0.05, 0) is 29.8 Å². The SMILES string of the molecule is O=CC(=Nc1ccc(-c2cnc[nH]2)cc1)Nc1ccccc1. The third kappa shape index (κ3) is 3.27. The number of aliphatic imine (C=N–C) groups is 1. The lowest BCUT2D eigenvalue weighted by Gasteiger charge is -2.04. The number of aromatic nitrogens is 2. The predicted octanol–water partition coefficient (Wildman–Crippen LogP) is 3.42. The molecule has 5 heteroatoms. The number of amidine groups is 1. The lowest BCUT2D eigenvalue weighted by atomic mass is 10.1. The molecule has 2 aromatic carbocycles. The first kappa shape index (κ1) is 13.8. The van der Waals surface area contributed by atoms with Crippen molar-refractivity contribution >= 4 is 23.5 Å². The van der Waals surface area contributed by atoms with Crippen LogP contribution in [-0.2, 0) is 4.79 Å². The summed E-state index contributed by atoms with van der Waals surface area (Å²) in [5.74, 6) is 0.264. The second-order valence-corrected chi connectivity index (χ2v) is 4.62. The van der Waals surface area contributed by atoms with Crippen LogP contribution in [0.2, 0.25) is 0 Å². The van der Waals surface area contributed by atoms with Gasteiger partial charge in [-0.15, -0.1) is 0 Å². The molecule has 0 amide bonds. The van der Waals surface area contributed by atoms with Crippen LogP contribution in [-0.4, -0.2) is 22.1 Å². The van der Waals surface area contributed by atoms with Crippen LogP contribution in [0.15, 0.2) is 72.1 Å². The van der Waals surface area contributed by atoms with Crippen LogP contribution in [0.4, 0.5) is 11.4 Å². The molecule has 0 aliphatic rings. The molecule has 0 radical (unpaired) electrons. The molecule has 0 saturated carbocycles. The monoisotopic (exact) mass is 290 g/mol. The second-order valence-electron chi connectivity index (χ2n) is 4.62. The van der Waals surface area contributed by atoms with Gasteiger partial charge < -0.3 is 10.3 Å². The highest BCUT2D eigenvalue weighted by atomic mass is 16.1. The maximum Gasteiger partial charge on any atom is 0.185 e. The number of rotatable bonds is 4. The van der Waals surface area contributed by atoms with Crippen molar-refractivity contribution in [2.24, 2.45) is 4.99 Å². The van der Waals surface area contributed by atoms with Crippen molar-refractivity contribution in [3.63, 3.8) is 0 Å². The van der Waals surface area contributed by atoms with Crippen molar-refractivity contribution in [1.29, 1.82) is 0 Å². The summed E-state index contributed by atoms with van der Waals surface area (Å²) in [5, 5.41) is 2.99. The summed E-state index contributed by atoms with van der Waals surface area (Å²) < 4.78 is 0. The average Bonchev–Trinajstić information content (AvgIpc) is 3.10. The number of aldehydes is 1. The molecule has 0 saturated heterocycles. The Labute approximate surface area is 127 Å². The number of nitrogens with zero attached hydrogens (tertiary/aromatic N) is 2. The van der Waals surface area contributed by atoms with E-state index < -0.39 is 0 Å². The average molecular weight is 290 g/mol. The molecule has 1 heterocycles. The number of hydrogen-bond donors (Lipinski definition) is 2. The van der Waals surface area contributed by atoms with Gasteiger partial charge in [0.15, 0.2) is 12.1 Å². The molecule has 0 spiro atoms. The van der Waals surface area contributed by atoms with Crippen LogP contribution < -0.4 is 5.32 Å². The zero-order valence-corrected chi connectivity index (χ0v) is 11.7. The van der Waals surface area contributed by atoms with Gasteiger partial charge in [-0.25, -0.2) is 9.98 Å². The quantitative estimate of drug-likeness (QED) is 0.439. The molecule has 0 aliphatic heterocycles. The van der Waals surface area contributed by atoms with Gasteiger partial charge in [0.25, 0.3) is 0 Å². The van der Waals surface area contributed by atoms with Crippen LogP contribution in [0, 0.1) is 0 Å². The van der Waals surface area contributed by atoms with Crippen molar-refractivity contribution < 1.29 is 4.79 Å². The summed E-state index contributed by atoms with van der Waals surface area (Å²) in [7, 11) is 0. The molecular weight excluding hydrogens is 276 g/mol. The summed E-state index contributed by atoms with van der Waals surface area (Å²) >= 11 is 0. The topological polar surface area (TPSA) is 70.1 Å². The maximum atomic E-state index is 11.2. The lowest BCUT2D eigenvalue weighted by molar-refractivity contribution is -0.102. The zero-order valence-electron chi connectivity index (χ0n) is 11.7. The van der Waals surface area contributed by atoms with Gasteiger partial charge in [-0.3, -0.25) is 4.79 Å². The molecule has 0 aliphatic carbocycles. The molecule has 0 unspecified atom stereocenters. The Morgan fingerprint density at radius 3 is 2.50 bits per heavy atom. The number of nitrogens with one attached hydrogen (secondary N) is 2. The molecule has 0 atom stereocenters. The summed E-state index contributed by atoms with van der Waals surface area (Å²) in [6.07, 6.45) is 4.09. The standard InChI is InChI=1S/C17H14N4O/c22-11-17(20-14-4-2-1-3-5-14)21-15-8-6-13(7-9-15)16-10-18-12-19-16/h1-12H,(H,18,19)(H,20,21). The van der Waals surface area contributed by atoms with Crippen molar-refractivity contribution in [2.45, 2.75) is 0 Å². The minimum atomic E-state index is 0.264. The van der Waals surface area contributed by atoms with E-state index in [1.165, 1.54) is 0 Å². The Balaban J connectivity index is 1.79. The van der Waals surface area contributed by atoms with Crippen LogP contribution in [0.25, 0.3) is 11.3 Å². The number of aromatic amines is 1. The Bertz CT molecular complexity index is 762. The van der Waals surface area contributed by atoms with Gasteiger partial charge >= 0.3 is 0 Å². The Kier molecular flexibility index (Phi) is 4.06. The van der Waals surface area contributed by atoms with Gasteiger partial charge in [-0.1, -0.05) is 30.3 Å². The van der Waals surface area contributed by atoms with E-state index in [2.05, 4.69) is 20.3 Å². The number of para-hydroxylation sites is 1. The van der Waals surface area contributed by atoms with Gasteiger partial charge in [0.1, 0.15) is 0 Å². The van der Waals surface area contributed by atoms with E-state index in [0.29, 0.717) is 12.0 Å². The summed E-state index contributed by atoms with van der Waals surface area (Å²) in [6, 6.07) is 17.0. The number of carbonyl (C=O) groups excluding carboxylic acids is 1. The van der Waals surface area contributed by atoms with Gasteiger partial charge in [0, 0.05) is 5.69 Å². The summed E-state index contributed by atoms with van der Waals surface area (Å²) in [5.41, 5.74) is 3.48. The van der Waals surface area contributed by atoms with E-state index in [-0.39, 0.29) is 5.84 Å². The molecule has 5 nitrogen and oxygen atoms in total. The minimum absolute atomic E-state index is 0.264. The number of anilines is 1. The third-order valence-electron chi connectivity index (χ3n) is 3.08. The fourth-order valence-corrected chi connectivity index (χ4v) is 2.02. The molecule has 3 rings (SSSR count). The minimum Gasteiger partial charge on any atom is -0.345 e. The van der Waals surface area contributed by atoms with Crippen molar-refractivity contribution in [3.05, 3.63) is 67.1 Å². The Morgan fingerprint density at radius 2 is 1.86 bits per heavy atom. The normalized spacial score (nSPS) is 11.2.